The van der Waals surface area contributed by atoms with Crippen LogP contribution < -0.4 is 26.9 Å². The quantitative estimate of drug-likeness (QED) is 0.0805. The van der Waals surface area contributed by atoms with Crippen LogP contribution in [0.3, 0.4) is 0 Å². The van der Waals surface area contributed by atoms with Crippen LogP contribution in [-0.4, -0.2) is 57.6 Å². The molecule has 1 heterocycles. The van der Waals surface area contributed by atoms with Crippen molar-refractivity contribution in [2.45, 2.75) is 6.42 Å². The summed E-state index contributed by atoms with van der Waals surface area (Å²) in [4.78, 5) is 27.7. The average molecular weight is 554 g/mol. The summed E-state index contributed by atoms with van der Waals surface area (Å²) >= 11 is 0. The molecule has 208 valence electrons. The van der Waals surface area contributed by atoms with Crippen LogP contribution in [0.25, 0.3) is 0 Å². The van der Waals surface area contributed by atoms with Crippen LogP contribution in [0, 0.1) is 22.5 Å². The lowest BCUT2D eigenvalue weighted by atomic mass is 10.0. The molecule has 0 saturated heterocycles. The minimum absolute atomic E-state index is 0.00889. The highest BCUT2D eigenvalue weighted by molar-refractivity contribution is 6.46. The molecule has 0 aliphatic carbocycles. The van der Waals surface area contributed by atoms with E-state index >= 15 is 0 Å². The number of nitrogens with one attached hydrogen (secondary N) is 4. The number of carbonyl (C=O) groups excluding carboxylic acids is 1. The standard InChI is InChI=1S/C25H25F2N9O4/c1-32-19-11-21(17(27)10-15(19)25(38)39)40-7-4-13-8-20(14(9-16(13)26)23(30)35-31)34-24(37)18(28)2-3-22(29)36-6-5-33-12-36/h2-3,5-6,8-12,28-29,32H,4,7,31H2,1H3,(H2,30,35)(H,34,37)(H,38,39)/b3-2-,28-18?,29-22?. The molecule has 40 heavy (non-hydrogen) atoms. The van der Waals surface area contributed by atoms with Gasteiger partial charge in [0, 0.05) is 37.5 Å². The first-order valence-electron chi connectivity index (χ1n) is 11.4. The number of allylic oxidation sites excluding steroid dienone is 1. The van der Waals surface area contributed by atoms with Gasteiger partial charge in [0.2, 0.25) is 0 Å². The Hall–Kier alpha value is -5.60. The first-order valence-corrected chi connectivity index (χ1v) is 11.4. The van der Waals surface area contributed by atoms with Crippen molar-refractivity contribution in [3.63, 3.8) is 0 Å². The van der Waals surface area contributed by atoms with E-state index in [4.69, 9.17) is 27.1 Å². The maximum absolute atomic E-state index is 14.9. The lowest BCUT2D eigenvalue weighted by Gasteiger charge is -2.15. The number of amidine groups is 1. The lowest BCUT2D eigenvalue weighted by molar-refractivity contribution is -0.110. The molecule has 13 nitrogen and oxygen atoms in total. The third kappa shape index (κ3) is 6.83. The molecule has 0 spiro atoms. The Morgan fingerprint density at radius 1 is 1.15 bits per heavy atom. The fourth-order valence-electron chi connectivity index (χ4n) is 3.43. The second-order valence-corrected chi connectivity index (χ2v) is 8.04. The predicted molar refractivity (Wildman–Crippen MR) is 144 cm³/mol. The van der Waals surface area contributed by atoms with Crippen molar-refractivity contribution < 1.29 is 28.2 Å². The van der Waals surface area contributed by atoms with Gasteiger partial charge >= 0.3 is 5.97 Å². The Kier molecular flexibility index (Phi) is 9.25. The highest BCUT2D eigenvalue weighted by Gasteiger charge is 2.18. The van der Waals surface area contributed by atoms with E-state index in [2.05, 4.69) is 20.7 Å². The molecule has 1 aromatic heterocycles. The van der Waals surface area contributed by atoms with E-state index in [1.54, 1.807) is 0 Å². The summed E-state index contributed by atoms with van der Waals surface area (Å²) in [6.45, 7) is -0.217. The van der Waals surface area contributed by atoms with E-state index in [9.17, 15) is 23.5 Å². The fraction of sp³-hybridized carbons (Fsp3) is 0.120. The maximum atomic E-state index is 14.9. The third-order valence-electron chi connectivity index (χ3n) is 5.49. The number of rotatable bonds is 11. The first kappa shape index (κ1) is 29.0. The summed E-state index contributed by atoms with van der Waals surface area (Å²) in [6.07, 6.45) is 6.58. The molecule has 0 fully saturated rings. The number of imidazole rings is 1. The van der Waals surface area contributed by atoms with Gasteiger partial charge in [-0.15, -0.1) is 0 Å². The number of carboxylic acids is 1. The summed E-state index contributed by atoms with van der Waals surface area (Å²) in [5, 5.41) is 33.5. The van der Waals surface area contributed by atoms with Crippen LogP contribution in [0.5, 0.6) is 5.75 Å². The maximum Gasteiger partial charge on any atom is 0.337 e. The van der Waals surface area contributed by atoms with Crippen LogP contribution in [0.2, 0.25) is 0 Å². The van der Waals surface area contributed by atoms with E-state index in [1.165, 1.54) is 48.5 Å². The lowest BCUT2D eigenvalue weighted by Crippen LogP contribution is -2.25. The molecule has 15 heteroatoms. The fourth-order valence-corrected chi connectivity index (χ4v) is 3.43. The second kappa shape index (κ2) is 12.8. The van der Waals surface area contributed by atoms with Crippen LogP contribution in [-0.2, 0) is 11.2 Å². The molecule has 1 amide bonds. The SMILES string of the molecule is CNc1cc(OCCc2cc(NC(=O)C(=N)/C=C\C(=N)n3ccnc3)c(/C(N)=N/N)cc2F)c(F)cc1C(=O)O. The van der Waals surface area contributed by atoms with Gasteiger partial charge in [0.15, 0.2) is 17.4 Å². The number of hydrogen-bond donors (Lipinski definition) is 7. The summed E-state index contributed by atoms with van der Waals surface area (Å²) < 4.78 is 36.0. The Bertz CT molecular complexity index is 1520. The molecular weight excluding hydrogens is 528 g/mol. The highest BCUT2D eigenvalue weighted by atomic mass is 19.1. The zero-order valence-electron chi connectivity index (χ0n) is 21.0. The molecule has 3 rings (SSSR count). The minimum atomic E-state index is -1.33. The van der Waals surface area contributed by atoms with Crippen LogP contribution in [0.15, 0.2) is 60.2 Å². The van der Waals surface area contributed by atoms with E-state index in [-0.39, 0.29) is 58.5 Å². The number of benzene rings is 2. The van der Waals surface area contributed by atoms with Gasteiger partial charge in [0.1, 0.15) is 23.7 Å². The minimum Gasteiger partial charge on any atom is -0.490 e. The van der Waals surface area contributed by atoms with Crippen LogP contribution in [0.4, 0.5) is 20.2 Å². The number of aromatic carboxylic acids is 1. The Labute approximate surface area is 226 Å². The topological polar surface area (TPSA) is 218 Å². The normalized spacial score (nSPS) is 11.3. The van der Waals surface area contributed by atoms with Gasteiger partial charge in [-0.3, -0.25) is 20.2 Å². The van der Waals surface area contributed by atoms with Gasteiger partial charge in [0.25, 0.3) is 5.91 Å². The first-order chi connectivity index (χ1) is 19.0. The molecule has 0 bridgehead atoms. The number of aromatic nitrogens is 2. The third-order valence-corrected chi connectivity index (χ3v) is 5.49. The van der Waals surface area contributed by atoms with Gasteiger partial charge in [-0.05, 0) is 35.9 Å². The number of carboxylic acid groups (broad SMARTS) is 1. The Balaban J connectivity index is 1.78. The molecule has 0 radical (unpaired) electrons. The molecule has 3 aromatic rings. The van der Waals surface area contributed by atoms with Crippen molar-refractivity contribution in [2.75, 3.05) is 24.3 Å². The average Bonchev–Trinajstić information content (AvgIpc) is 3.48. The zero-order valence-corrected chi connectivity index (χ0v) is 21.0. The molecule has 9 N–H and O–H groups in total. The number of ether oxygens (including phenoxy) is 1. The number of halogens is 2. The molecule has 0 aliphatic heterocycles. The zero-order chi connectivity index (χ0) is 29.4. The van der Waals surface area contributed by atoms with Crippen molar-refractivity contribution in [2.24, 2.45) is 16.7 Å². The van der Waals surface area contributed by atoms with Crippen molar-refractivity contribution in [3.05, 3.63) is 83.5 Å². The summed E-state index contributed by atoms with van der Waals surface area (Å²) in [5.41, 5.74) is 5.07. The Morgan fingerprint density at radius 3 is 2.50 bits per heavy atom. The van der Waals surface area contributed by atoms with Gasteiger partial charge in [-0.25, -0.2) is 18.6 Å². The molecular formula is C25H25F2N9O4. The number of amides is 1. The number of hydrogen-bond acceptors (Lipinski definition) is 9. The number of nitrogens with zero attached hydrogens (tertiary/aromatic N) is 3. The number of carbonyl (C=O) groups is 2. The van der Waals surface area contributed by atoms with Gasteiger partial charge in [-0.2, -0.15) is 5.10 Å². The molecule has 2 aromatic carbocycles. The van der Waals surface area contributed by atoms with E-state index in [0.717, 1.165) is 18.2 Å². The van der Waals surface area contributed by atoms with Gasteiger partial charge in [0.05, 0.1) is 23.5 Å². The van der Waals surface area contributed by atoms with E-state index < -0.39 is 29.2 Å². The predicted octanol–water partition coefficient (Wildman–Crippen LogP) is 2.14. The van der Waals surface area contributed by atoms with Gasteiger partial charge < -0.3 is 32.1 Å². The van der Waals surface area contributed by atoms with E-state index in [1.807, 2.05) is 0 Å². The van der Waals surface area contributed by atoms with Crippen molar-refractivity contribution in [3.8, 4) is 5.75 Å². The highest BCUT2D eigenvalue weighted by Crippen LogP contribution is 2.27. The van der Waals surface area contributed by atoms with Crippen LogP contribution in [0.1, 0.15) is 21.5 Å². The molecule has 0 atom stereocenters. The summed E-state index contributed by atoms with van der Waals surface area (Å²) in [6, 6.07) is 4.22. The van der Waals surface area contributed by atoms with Crippen molar-refractivity contribution >= 4 is 40.6 Å². The monoisotopic (exact) mass is 553 g/mol. The number of nitrogens with two attached hydrogens (primary N) is 2. The van der Waals surface area contributed by atoms with Crippen molar-refractivity contribution in [1.82, 2.24) is 9.55 Å². The molecule has 0 unspecified atom stereocenters. The molecule has 0 aliphatic rings. The summed E-state index contributed by atoms with van der Waals surface area (Å²) in [7, 11) is 1.46. The van der Waals surface area contributed by atoms with E-state index in [0.29, 0.717) is 0 Å². The van der Waals surface area contributed by atoms with Gasteiger partial charge in [-0.1, -0.05) is 0 Å². The number of anilines is 2. The van der Waals surface area contributed by atoms with Crippen LogP contribution >= 0.6 is 0 Å². The smallest absolute Gasteiger partial charge is 0.337 e. The van der Waals surface area contributed by atoms with Crippen molar-refractivity contribution in [1.29, 1.82) is 10.8 Å². The second-order valence-electron chi connectivity index (χ2n) is 8.04. The Morgan fingerprint density at radius 2 is 1.88 bits per heavy atom. The number of hydrazone groups is 1. The largest absolute Gasteiger partial charge is 0.490 e. The molecule has 0 saturated carbocycles. The summed E-state index contributed by atoms with van der Waals surface area (Å²) in [5.74, 6) is 0.768.